The van der Waals surface area contributed by atoms with Gasteiger partial charge in [-0.15, -0.1) is 0 Å². The molecule has 4 aromatic rings. The lowest BCUT2D eigenvalue weighted by molar-refractivity contribution is 0.0938. The molecule has 3 nitrogen and oxygen atoms in total. The molecule has 0 fully saturated rings. The zero-order chi connectivity index (χ0) is 22.5. The van der Waals surface area contributed by atoms with E-state index in [1.54, 1.807) is 0 Å². The first-order chi connectivity index (χ1) is 15.5. The third-order valence-corrected chi connectivity index (χ3v) is 6.06. The van der Waals surface area contributed by atoms with E-state index in [9.17, 15) is 4.79 Å². The number of carbonyl (C=O) groups is 1. The van der Waals surface area contributed by atoms with Crippen LogP contribution in [-0.2, 0) is 6.42 Å². The molecule has 1 heterocycles. The first-order valence-corrected chi connectivity index (χ1v) is 11.3. The normalized spacial score (nSPS) is 11.8. The Hall–Kier alpha value is -3.30. The zero-order valence-electron chi connectivity index (χ0n) is 18.4. The number of para-hydroxylation sites is 1. The number of rotatable bonds is 7. The highest BCUT2D eigenvalue weighted by molar-refractivity contribution is 6.32. The van der Waals surface area contributed by atoms with Crippen molar-refractivity contribution in [2.75, 3.05) is 0 Å². The Morgan fingerprint density at radius 2 is 1.56 bits per heavy atom. The molecule has 1 aromatic heterocycles. The van der Waals surface area contributed by atoms with Crippen molar-refractivity contribution in [3.63, 3.8) is 0 Å². The molecule has 0 bridgehead atoms. The highest BCUT2D eigenvalue weighted by Crippen LogP contribution is 2.32. The minimum atomic E-state index is -0.0638. The van der Waals surface area contributed by atoms with Gasteiger partial charge in [-0.1, -0.05) is 84.4 Å². The van der Waals surface area contributed by atoms with Gasteiger partial charge in [0.2, 0.25) is 0 Å². The topological polar surface area (TPSA) is 34.0 Å². The van der Waals surface area contributed by atoms with Gasteiger partial charge >= 0.3 is 0 Å². The van der Waals surface area contributed by atoms with Crippen LogP contribution in [-0.4, -0.2) is 16.5 Å². The molecule has 1 amide bonds. The molecule has 4 rings (SSSR count). The molecule has 0 aliphatic carbocycles. The van der Waals surface area contributed by atoms with Crippen LogP contribution in [0.2, 0.25) is 5.02 Å². The van der Waals surface area contributed by atoms with Crippen LogP contribution in [0.1, 0.15) is 35.0 Å². The minimum absolute atomic E-state index is 0.0611. The van der Waals surface area contributed by atoms with Crippen molar-refractivity contribution >= 4 is 17.5 Å². The number of aryl methyl sites for hydroxylation is 1. The molecule has 0 aliphatic rings. The van der Waals surface area contributed by atoms with E-state index >= 15 is 0 Å². The van der Waals surface area contributed by atoms with E-state index in [1.165, 1.54) is 5.56 Å². The molecule has 162 valence electrons. The zero-order valence-corrected chi connectivity index (χ0v) is 19.1. The van der Waals surface area contributed by atoms with E-state index in [0.29, 0.717) is 10.6 Å². The Morgan fingerprint density at radius 1 is 0.938 bits per heavy atom. The van der Waals surface area contributed by atoms with Crippen LogP contribution < -0.4 is 5.32 Å². The predicted molar refractivity (Wildman–Crippen MR) is 133 cm³/mol. The van der Waals surface area contributed by atoms with E-state index in [4.69, 9.17) is 11.6 Å². The number of hydrogen-bond donors (Lipinski definition) is 1. The molecule has 3 aromatic carbocycles. The molecule has 1 atom stereocenters. The maximum absolute atomic E-state index is 13.2. The maximum Gasteiger partial charge on any atom is 0.253 e. The molecular formula is C28H27ClN2O. The lowest BCUT2D eigenvalue weighted by Crippen LogP contribution is -2.33. The quantitative estimate of drug-likeness (QED) is 0.333. The van der Waals surface area contributed by atoms with Crippen molar-refractivity contribution < 1.29 is 4.79 Å². The average molecular weight is 443 g/mol. The lowest BCUT2D eigenvalue weighted by atomic mass is 10.1. The van der Waals surface area contributed by atoms with E-state index in [0.717, 1.165) is 35.5 Å². The van der Waals surface area contributed by atoms with E-state index in [1.807, 2.05) is 85.8 Å². The van der Waals surface area contributed by atoms with Gasteiger partial charge in [0.1, 0.15) is 0 Å². The van der Waals surface area contributed by atoms with Gasteiger partial charge in [0.25, 0.3) is 5.91 Å². The fourth-order valence-corrected chi connectivity index (χ4v) is 4.22. The van der Waals surface area contributed by atoms with Crippen molar-refractivity contribution in [2.24, 2.45) is 0 Å². The number of nitrogens with zero attached hydrogens (tertiary/aromatic N) is 1. The Kier molecular flexibility index (Phi) is 6.77. The van der Waals surface area contributed by atoms with Crippen LogP contribution in [0.5, 0.6) is 0 Å². The Labute approximate surface area is 194 Å². The summed E-state index contributed by atoms with van der Waals surface area (Å²) < 4.78 is 2.07. The Morgan fingerprint density at radius 3 is 2.25 bits per heavy atom. The molecule has 1 unspecified atom stereocenters. The lowest BCUT2D eigenvalue weighted by Gasteiger charge is -2.15. The van der Waals surface area contributed by atoms with Crippen LogP contribution in [0, 0.1) is 6.92 Å². The van der Waals surface area contributed by atoms with Crippen LogP contribution in [0.3, 0.4) is 0 Å². The van der Waals surface area contributed by atoms with Crippen molar-refractivity contribution in [1.82, 2.24) is 9.88 Å². The first-order valence-electron chi connectivity index (χ1n) is 10.9. The summed E-state index contributed by atoms with van der Waals surface area (Å²) in [6, 6.07) is 30.2. The molecule has 0 saturated carbocycles. The summed E-state index contributed by atoms with van der Waals surface area (Å²) in [6.07, 6.45) is 1.81. The summed E-state index contributed by atoms with van der Waals surface area (Å²) in [5.74, 6) is -0.0638. The van der Waals surface area contributed by atoms with E-state index in [2.05, 4.69) is 28.9 Å². The fraction of sp³-hybridized carbons (Fsp3) is 0.179. The number of aromatic nitrogens is 1. The standard InChI is InChI=1S/C28H27ClN2O/c1-20(17-18-22-11-5-3-6-12-22)30-28(32)24-19-27(23-13-7-4-8-14-23)31(21(24)2)26-16-10-9-15-25(26)29/h3-16,19-20H,17-18H2,1-2H3,(H,30,32). The average Bonchev–Trinajstić information content (AvgIpc) is 3.16. The predicted octanol–water partition coefficient (Wildman–Crippen LogP) is 6.86. The number of amides is 1. The van der Waals surface area contributed by atoms with Crippen molar-refractivity contribution in [3.05, 3.63) is 113 Å². The smallest absolute Gasteiger partial charge is 0.253 e. The third kappa shape index (κ3) is 4.79. The van der Waals surface area contributed by atoms with Crippen molar-refractivity contribution in [3.8, 4) is 16.9 Å². The molecule has 1 N–H and O–H groups in total. The van der Waals surface area contributed by atoms with Gasteiger partial charge in [-0.2, -0.15) is 0 Å². The van der Waals surface area contributed by atoms with Gasteiger partial charge in [0, 0.05) is 11.7 Å². The number of carbonyl (C=O) groups excluding carboxylic acids is 1. The Bertz CT molecular complexity index is 1200. The van der Waals surface area contributed by atoms with Gasteiger partial charge in [0.05, 0.1) is 22.0 Å². The number of hydrogen-bond acceptors (Lipinski definition) is 1. The van der Waals surface area contributed by atoms with Gasteiger partial charge in [-0.3, -0.25) is 4.79 Å². The van der Waals surface area contributed by atoms with Gasteiger partial charge in [-0.05, 0) is 56.0 Å². The van der Waals surface area contributed by atoms with Crippen molar-refractivity contribution in [2.45, 2.75) is 32.7 Å². The summed E-state index contributed by atoms with van der Waals surface area (Å²) in [5, 5.41) is 3.83. The first kappa shape index (κ1) is 21.9. The molecule has 0 saturated heterocycles. The highest BCUT2D eigenvalue weighted by Gasteiger charge is 2.21. The van der Waals surface area contributed by atoms with Crippen LogP contribution >= 0.6 is 11.6 Å². The van der Waals surface area contributed by atoms with Crippen LogP contribution in [0.4, 0.5) is 0 Å². The molecule has 32 heavy (non-hydrogen) atoms. The summed E-state index contributed by atoms with van der Waals surface area (Å²) in [6.45, 7) is 4.03. The van der Waals surface area contributed by atoms with E-state index in [-0.39, 0.29) is 11.9 Å². The van der Waals surface area contributed by atoms with Gasteiger partial charge in [-0.25, -0.2) is 0 Å². The SMILES string of the molecule is Cc1c(C(=O)NC(C)CCc2ccccc2)cc(-c2ccccc2)n1-c1ccccc1Cl. The summed E-state index contributed by atoms with van der Waals surface area (Å²) in [4.78, 5) is 13.2. The number of halogens is 1. The summed E-state index contributed by atoms with van der Waals surface area (Å²) >= 11 is 6.54. The van der Waals surface area contributed by atoms with Crippen LogP contribution in [0.15, 0.2) is 91.0 Å². The van der Waals surface area contributed by atoms with E-state index < -0.39 is 0 Å². The number of benzene rings is 3. The molecule has 0 radical (unpaired) electrons. The maximum atomic E-state index is 13.2. The minimum Gasteiger partial charge on any atom is -0.350 e. The van der Waals surface area contributed by atoms with Gasteiger partial charge in [0.15, 0.2) is 0 Å². The van der Waals surface area contributed by atoms with Crippen LogP contribution in [0.25, 0.3) is 16.9 Å². The van der Waals surface area contributed by atoms with Crippen molar-refractivity contribution in [1.29, 1.82) is 0 Å². The molecule has 4 heteroatoms. The molecule has 0 aliphatic heterocycles. The second kappa shape index (κ2) is 9.88. The second-order valence-corrected chi connectivity index (χ2v) is 8.49. The summed E-state index contributed by atoms with van der Waals surface area (Å²) in [7, 11) is 0. The summed E-state index contributed by atoms with van der Waals surface area (Å²) in [5.41, 5.74) is 5.65. The second-order valence-electron chi connectivity index (χ2n) is 8.08. The molecule has 0 spiro atoms. The van der Waals surface area contributed by atoms with Gasteiger partial charge < -0.3 is 9.88 Å². The Balaban J connectivity index is 1.63. The largest absolute Gasteiger partial charge is 0.350 e. The fourth-order valence-electron chi connectivity index (χ4n) is 4.00. The third-order valence-electron chi connectivity index (χ3n) is 5.74. The number of nitrogens with one attached hydrogen (secondary N) is 1. The monoisotopic (exact) mass is 442 g/mol. The highest BCUT2D eigenvalue weighted by atomic mass is 35.5. The molecular weight excluding hydrogens is 416 g/mol.